The maximum atomic E-state index is 13.0. The highest BCUT2D eigenvalue weighted by Crippen LogP contribution is 2.45. The zero-order chi connectivity index (χ0) is 65.7. The number of unbranched alkanes of at least 4 members (excludes halogenated alkanes) is 39. The summed E-state index contributed by atoms with van der Waals surface area (Å²) >= 11 is 0. The number of esters is 4. The van der Waals surface area contributed by atoms with E-state index in [2.05, 4.69) is 41.5 Å². The first-order valence-corrected chi connectivity index (χ1v) is 39.5. The SMILES string of the molecule is CCCCCCCCCCCCCCCCCCCCC(=O)O[C@H](COC(=O)CCCCCCCCCCCCCCCC(C)C)COP(=O)(O)OC[C@@H](O)COP(=O)(O)OC[C@@H](COC(=O)CCCCCCC)OC(=O)CCCCCCCCCC(C)C. The summed E-state index contributed by atoms with van der Waals surface area (Å²) in [5.74, 6) is -0.650. The van der Waals surface area contributed by atoms with Gasteiger partial charge >= 0.3 is 39.5 Å². The van der Waals surface area contributed by atoms with Crippen LogP contribution in [-0.4, -0.2) is 96.7 Å². The van der Waals surface area contributed by atoms with Crippen LogP contribution in [-0.2, 0) is 65.4 Å². The van der Waals surface area contributed by atoms with E-state index in [1.807, 2.05) is 0 Å². The molecule has 0 fully saturated rings. The van der Waals surface area contributed by atoms with E-state index in [-0.39, 0.29) is 25.7 Å². The molecule has 0 aliphatic heterocycles. The van der Waals surface area contributed by atoms with Crippen LogP contribution in [0, 0.1) is 11.8 Å². The fourth-order valence-corrected chi connectivity index (χ4v) is 12.2. The topological polar surface area (TPSA) is 237 Å². The van der Waals surface area contributed by atoms with Gasteiger partial charge < -0.3 is 33.8 Å². The number of hydrogen-bond donors (Lipinski definition) is 3. The number of phosphoric ester groups is 2. The zero-order valence-corrected chi connectivity index (χ0v) is 59.5. The summed E-state index contributed by atoms with van der Waals surface area (Å²) in [6, 6.07) is 0. The molecular formula is C70H136O17P2. The number of phosphoric acid groups is 2. The van der Waals surface area contributed by atoms with Crippen LogP contribution in [0.3, 0.4) is 0 Å². The molecule has 89 heavy (non-hydrogen) atoms. The molecule has 0 aliphatic carbocycles. The van der Waals surface area contributed by atoms with Crippen LogP contribution in [0.15, 0.2) is 0 Å². The Kier molecular flexibility index (Phi) is 60.8. The molecule has 3 N–H and O–H groups in total. The van der Waals surface area contributed by atoms with Crippen LogP contribution in [0.5, 0.6) is 0 Å². The van der Waals surface area contributed by atoms with Crippen LogP contribution < -0.4 is 0 Å². The standard InChI is InChI=1S/C70H136O17P2/c1-7-9-11-13-14-15-16-17-18-19-20-21-24-28-31-36-42-48-54-69(74)87-66(59-81-68(73)53-47-41-35-30-27-25-22-23-26-29-33-39-44-50-62(3)4)61-85-89(78,79)83-57-64(71)56-82-88(76,77)84-60-65(58-80-67(72)52-46-38-12-10-8-2)86-70(75)55-49-43-37-32-34-40-45-51-63(5)6/h62-66,71H,7-61H2,1-6H3,(H,76,77)(H,78,79)/t64-,65+,66+/m0/s1. The van der Waals surface area contributed by atoms with Gasteiger partial charge in [0.15, 0.2) is 12.2 Å². The van der Waals surface area contributed by atoms with Gasteiger partial charge in [0.05, 0.1) is 26.4 Å². The first kappa shape index (κ1) is 87.1. The molecule has 0 amide bonds. The van der Waals surface area contributed by atoms with Crippen molar-refractivity contribution < 1.29 is 80.2 Å². The summed E-state index contributed by atoms with van der Waals surface area (Å²) in [5, 5.41) is 10.5. The van der Waals surface area contributed by atoms with Gasteiger partial charge in [-0.25, -0.2) is 9.13 Å². The largest absolute Gasteiger partial charge is 0.472 e. The van der Waals surface area contributed by atoms with Crippen molar-refractivity contribution in [2.75, 3.05) is 39.6 Å². The van der Waals surface area contributed by atoms with Gasteiger partial charge in [0, 0.05) is 25.7 Å². The highest BCUT2D eigenvalue weighted by Gasteiger charge is 2.30. The Balaban J connectivity index is 5.15. The average Bonchev–Trinajstić information content (AvgIpc) is 3.58. The Labute approximate surface area is 543 Å². The summed E-state index contributed by atoms with van der Waals surface area (Å²) in [6.07, 6.45) is 47.8. The van der Waals surface area contributed by atoms with Crippen molar-refractivity contribution in [1.29, 1.82) is 0 Å². The second-order valence-electron chi connectivity index (χ2n) is 26.2. The van der Waals surface area contributed by atoms with Gasteiger partial charge in [-0.3, -0.25) is 37.3 Å². The second-order valence-corrected chi connectivity index (χ2v) is 29.1. The van der Waals surface area contributed by atoms with E-state index in [4.69, 9.17) is 37.0 Å². The van der Waals surface area contributed by atoms with E-state index in [0.29, 0.717) is 31.6 Å². The number of hydrogen-bond acceptors (Lipinski definition) is 15. The minimum atomic E-state index is -4.95. The molecule has 0 aromatic rings. The minimum absolute atomic E-state index is 0.103. The third kappa shape index (κ3) is 64.6. The van der Waals surface area contributed by atoms with E-state index >= 15 is 0 Å². The van der Waals surface area contributed by atoms with Crippen molar-refractivity contribution in [3.63, 3.8) is 0 Å². The summed E-state index contributed by atoms with van der Waals surface area (Å²) in [6.45, 7) is 9.41. The Morgan fingerprint density at radius 2 is 0.517 bits per heavy atom. The third-order valence-corrected chi connectivity index (χ3v) is 18.1. The number of carbonyl (C=O) groups excluding carboxylic acids is 4. The summed E-state index contributed by atoms with van der Waals surface area (Å²) < 4.78 is 68.0. The zero-order valence-electron chi connectivity index (χ0n) is 57.7. The Morgan fingerprint density at radius 1 is 0.303 bits per heavy atom. The molecule has 0 bridgehead atoms. The van der Waals surface area contributed by atoms with Gasteiger partial charge in [0.2, 0.25) is 0 Å². The van der Waals surface area contributed by atoms with Crippen LogP contribution in [0.2, 0.25) is 0 Å². The maximum absolute atomic E-state index is 13.0. The van der Waals surface area contributed by atoms with E-state index in [1.165, 1.54) is 167 Å². The predicted octanol–water partition coefficient (Wildman–Crippen LogP) is 20.0. The monoisotopic (exact) mass is 1310 g/mol. The van der Waals surface area contributed by atoms with Gasteiger partial charge in [-0.15, -0.1) is 0 Å². The summed E-state index contributed by atoms with van der Waals surface area (Å²) in [5.41, 5.74) is 0. The van der Waals surface area contributed by atoms with Gasteiger partial charge in [0.1, 0.15) is 19.3 Å². The van der Waals surface area contributed by atoms with E-state index in [0.717, 1.165) is 102 Å². The third-order valence-electron chi connectivity index (χ3n) is 16.2. The molecule has 0 radical (unpaired) electrons. The van der Waals surface area contributed by atoms with E-state index in [1.54, 1.807) is 0 Å². The van der Waals surface area contributed by atoms with E-state index in [9.17, 15) is 43.2 Å². The number of aliphatic hydroxyl groups excluding tert-OH is 1. The lowest BCUT2D eigenvalue weighted by molar-refractivity contribution is -0.161. The predicted molar refractivity (Wildman–Crippen MR) is 358 cm³/mol. The number of ether oxygens (including phenoxy) is 4. The molecule has 5 atom stereocenters. The second kappa shape index (κ2) is 62.2. The lowest BCUT2D eigenvalue weighted by atomic mass is 10.0. The van der Waals surface area contributed by atoms with Crippen molar-refractivity contribution in [3.05, 3.63) is 0 Å². The summed E-state index contributed by atoms with van der Waals surface area (Å²) in [4.78, 5) is 72.2. The molecule has 0 saturated carbocycles. The maximum Gasteiger partial charge on any atom is 0.472 e. The van der Waals surface area contributed by atoms with Gasteiger partial charge in [-0.05, 0) is 37.5 Å². The van der Waals surface area contributed by atoms with Crippen LogP contribution >= 0.6 is 15.6 Å². The Bertz CT molecular complexity index is 1730. The van der Waals surface area contributed by atoms with Gasteiger partial charge in [0.25, 0.3) is 0 Å². The van der Waals surface area contributed by atoms with E-state index < -0.39 is 97.5 Å². The fraction of sp³-hybridized carbons (Fsp3) is 0.943. The number of carbonyl (C=O) groups is 4. The molecule has 0 aromatic carbocycles. The number of rotatable bonds is 69. The summed E-state index contributed by atoms with van der Waals surface area (Å²) in [7, 11) is -9.89. The lowest BCUT2D eigenvalue weighted by Gasteiger charge is -2.21. The van der Waals surface area contributed by atoms with Crippen molar-refractivity contribution in [1.82, 2.24) is 0 Å². The highest BCUT2D eigenvalue weighted by atomic mass is 31.2. The molecule has 2 unspecified atom stereocenters. The van der Waals surface area contributed by atoms with Crippen LogP contribution in [0.4, 0.5) is 0 Å². The lowest BCUT2D eigenvalue weighted by Crippen LogP contribution is -2.30. The first-order chi connectivity index (χ1) is 42.9. The van der Waals surface area contributed by atoms with Gasteiger partial charge in [-0.1, -0.05) is 305 Å². The molecule has 0 heterocycles. The Hall–Kier alpha value is -1.94. The normalized spacial score (nSPS) is 14.1. The first-order valence-electron chi connectivity index (χ1n) is 36.5. The van der Waals surface area contributed by atoms with Crippen molar-refractivity contribution in [3.8, 4) is 0 Å². The quantitative estimate of drug-likeness (QED) is 0.0222. The molecule has 0 aliphatic rings. The molecular weight excluding hydrogens is 1170 g/mol. The molecule has 0 saturated heterocycles. The van der Waals surface area contributed by atoms with Crippen LogP contribution in [0.1, 0.15) is 356 Å². The van der Waals surface area contributed by atoms with Crippen molar-refractivity contribution >= 4 is 39.5 Å². The fourth-order valence-electron chi connectivity index (χ4n) is 10.6. The molecule has 0 rings (SSSR count). The average molecular weight is 1310 g/mol. The molecule has 17 nitrogen and oxygen atoms in total. The molecule has 19 heteroatoms. The minimum Gasteiger partial charge on any atom is -0.462 e. The van der Waals surface area contributed by atoms with Crippen molar-refractivity contribution in [2.24, 2.45) is 11.8 Å². The highest BCUT2D eigenvalue weighted by molar-refractivity contribution is 7.47. The Morgan fingerprint density at radius 3 is 0.764 bits per heavy atom. The smallest absolute Gasteiger partial charge is 0.462 e. The van der Waals surface area contributed by atoms with Crippen LogP contribution in [0.25, 0.3) is 0 Å². The molecule has 0 aromatic heterocycles. The molecule has 0 spiro atoms. The van der Waals surface area contributed by atoms with Crippen molar-refractivity contribution in [2.45, 2.75) is 374 Å². The molecule has 528 valence electrons. The van der Waals surface area contributed by atoms with Gasteiger partial charge in [-0.2, -0.15) is 0 Å². The number of aliphatic hydroxyl groups is 1.